The van der Waals surface area contributed by atoms with Crippen molar-refractivity contribution in [3.63, 3.8) is 0 Å². The molecule has 0 heterocycles. The first-order valence-corrected chi connectivity index (χ1v) is 8.04. The Morgan fingerprint density at radius 2 is 2.00 bits per heavy atom. The van der Waals surface area contributed by atoms with Gasteiger partial charge in [0.2, 0.25) is 6.41 Å². The van der Waals surface area contributed by atoms with Gasteiger partial charge in [-0.1, -0.05) is 19.4 Å². The molecule has 3 heteroatoms. The Kier molecular flexibility index (Phi) is 5.41. The quantitative estimate of drug-likeness (QED) is 0.757. The summed E-state index contributed by atoms with van der Waals surface area (Å²) in [7, 11) is 0. The molecule has 3 nitrogen and oxygen atoms in total. The van der Waals surface area contributed by atoms with Gasteiger partial charge in [0.1, 0.15) is 0 Å². The van der Waals surface area contributed by atoms with E-state index in [9.17, 15) is 4.79 Å². The number of hydrogen-bond donors (Lipinski definition) is 2. The number of carbonyl (C=O) groups is 1. The van der Waals surface area contributed by atoms with Gasteiger partial charge in [0.05, 0.1) is 0 Å². The van der Waals surface area contributed by atoms with E-state index in [1.54, 1.807) is 0 Å². The second-order valence-electron chi connectivity index (χ2n) is 6.17. The summed E-state index contributed by atoms with van der Waals surface area (Å²) in [5.74, 6) is 0.629. The van der Waals surface area contributed by atoms with Gasteiger partial charge in [0.15, 0.2) is 0 Å². The number of rotatable bonds is 5. The summed E-state index contributed by atoms with van der Waals surface area (Å²) in [6, 6.07) is 0.388. The predicted molar refractivity (Wildman–Crippen MR) is 83.3 cm³/mol. The topological polar surface area (TPSA) is 41.1 Å². The predicted octanol–water partition coefficient (Wildman–Crippen LogP) is 3.29. The molecule has 0 saturated carbocycles. The van der Waals surface area contributed by atoms with Crippen LogP contribution >= 0.6 is 0 Å². The lowest BCUT2D eigenvalue weighted by atomic mass is 9.75. The number of amides is 1. The lowest BCUT2D eigenvalue weighted by Gasteiger charge is -2.37. The van der Waals surface area contributed by atoms with Gasteiger partial charge < -0.3 is 10.6 Å². The summed E-state index contributed by atoms with van der Waals surface area (Å²) < 4.78 is 0. The Bertz CT molecular complexity index is 423. The van der Waals surface area contributed by atoms with E-state index < -0.39 is 0 Å². The van der Waals surface area contributed by atoms with E-state index in [0.29, 0.717) is 12.0 Å². The van der Waals surface area contributed by atoms with E-state index in [-0.39, 0.29) is 0 Å². The van der Waals surface area contributed by atoms with Crippen LogP contribution in [0.1, 0.15) is 59.3 Å². The SMILES string of the molecule is CCNC1C(C2=C(C)CCCC2)=C(NC=O)CCC1C. The molecule has 2 unspecified atom stereocenters. The number of allylic oxidation sites excluding steroid dienone is 2. The molecule has 2 aliphatic carbocycles. The number of nitrogens with one attached hydrogen (secondary N) is 2. The highest BCUT2D eigenvalue weighted by atomic mass is 16.1. The minimum absolute atomic E-state index is 0.388. The molecule has 20 heavy (non-hydrogen) atoms. The van der Waals surface area contributed by atoms with E-state index >= 15 is 0 Å². The van der Waals surface area contributed by atoms with Gasteiger partial charge in [0, 0.05) is 11.7 Å². The van der Waals surface area contributed by atoms with Crippen LogP contribution in [0.3, 0.4) is 0 Å². The maximum Gasteiger partial charge on any atom is 0.211 e. The van der Waals surface area contributed by atoms with E-state index in [4.69, 9.17) is 0 Å². The van der Waals surface area contributed by atoms with E-state index in [2.05, 4.69) is 31.4 Å². The third-order valence-corrected chi connectivity index (χ3v) is 4.78. The van der Waals surface area contributed by atoms with Crippen molar-refractivity contribution in [3.05, 3.63) is 22.4 Å². The van der Waals surface area contributed by atoms with Crippen LogP contribution in [-0.4, -0.2) is 19.0 Å². The first kappa shape index (κ1) is 15.3. The molecular weight excluding hydrogens is 248 g/mol. The first-order chi connectivity index (χ1) is 9.69. The lowest BCUT2D eigenvalue weighted by molar-refractivity contribution is -0.109. The van der Waals surface area contributed by atoms with Gasteiger partial charge in [-0.3, -0.25) is 4.79 Å². The summed E-state index contributed by atoms with van der Waals surface area (Å²) in [5, 5.41) is 6.63. The minimum Gasteiger partial charge on any atom is -0.332 e. The standard InChI is InChI=1S/C17H28N2O/c1-4-18-17-13(3)9-10-15(19-11-20)16(17)14-8-6-5-7-12(14)2/h11,13,17-18H,4-10H2,1-3H3,(H,19,20). The van der Waals surface area contributed by atoms with Crippen LogP contribution in [0.4, 0.5) is 0 Å². The minimum atomic E-state index is 0.388. The van der Waals surface area contributed by atoms with Crippen molar-refractivity contribution in [2.24, 2.45) is 5.92 Å². The van der Waals surface area contributed by atoms with Crippen LogP contribution in [0.5, 0.6) is 0 Å². The molecule has 0 saturated heterocycles. The molecule has 0 fully saturated rings. The lowest BCUT2D eigenvalue weighted by Crippen LogP contribution is -2.42. The summed E-state index contributed by atoms with van der Waals surface area (Å²) in [6.07, 6.45) is 7.93. The molecule has 0 aromatic carbocycles. The van der Waals surface area contributed by atoms with Gasteiger partial charge >= 0.3 is 0 Å². The molecule has 2 rings (SSSR count). The number of likely N-dealkylation sites (N-methyl/N-ethyl adjacent to an activating group) is 1. The summed E-state index contributed by atoms with van der Waals surface area (Å²) >= 11 is 0. The highest BCUT2D eigenvalue weighted by molar-refractivity contribution is 5.54. The van der Waals surface area contributed by atoms with E-state index in [0.717, 1.165) is 31.5 Å². The maximum absolute atomic E-state index is 10.9. The zero-order chi connectivity index (χ0) is 14.5. The smallest absolute Gasteiger partial charge is 0.211 e. The Hall–Kier alpha value is -1.09. The zero-order valence-electron chi connectivity index (χ0n) is 13.1. The van der Waals surface area contributed by atoms with E-state index in [1.807, 2.05) is 0 Å². The second kappa shape index (κ2) is 7.07. The summed E-state index contributed by atoms with van der Waals surface area (Å²) in [5.41, 5.74) is 5.58. The summed E-state index contributed by atoms with van der Waals surface area (Å²) in [6.45, 7) is 7.72. The monoisotopic (exact) mass is 276 g/mol. The molecule has 0 aromatic rings. The van der Waals surface area contributed by atoms with Crippen LogP contribution in [0.25, 0.3) is 0 Å². The average molecular weight is 276 g/mol. The van der Waals surface area contributed by atoms with E-state index in [1.165, 1.54) is 42.4 Å². The van der Waals surface area contributed by atoms with Crippen molar-refractivity contribution in [2.75, 3.05) is 6.54 Å². The molecule has 0 bridgehead atoms. The van der Waals surface area contributed by atoms with Crippen LogP contribution in [0.15, 0.2) is 22.4 Å². The molecule has 2 atom stereocenters. The molecule has 2 N–H and O–H groups in total. The van der Waals surface area contributed by atoms with Crippen LogP contribution < -0.4 is 10.6 Å². The highest BCUT2D eigenvalue weighted by Crippen LogP contribution is 2.38. The van der Waals surface area contributed by atoms with Crippen molar-refractivity contribution in [1.82, 2.24) is 10.6 Å². The van der Waals surface area contributed by atoms with Crippen LogP contribution in [0.2, 0.25) is 0 Å². The van der Waals surface area contributed by atoms with Crippen molar-refractivity contribution < 1.29 is 4.79 Å². The fraction of sp³-hybridized carbons (Fsp3) is 0.706. The van der Waals surface area contributed by atoms with Gasteiger partial charge in [-0.05, 0) is 69.1 Å². The van der Waals surface area contributed by atoms with Crippen molar-refractivity contribution in [1.29, 1.82) is 0 Å². The second-order valence-corrected chi connectivity index (χ2v) is 6.17. The fourth-order valence-corrected chi connectivity index (χ4v) is 3.68. The fourth-order valence-electron chi connectivity index (χ4n) is 3.68. The average Bonchev–Trinajstić information content (AvgIpc) is 2.44. The molecule has 0 spiro atoms. The van der Waals surface area contributed by atoms with Crippen molar-refractivity contribution >= 4 is 6.41 Å². The molecule has 2 aliphatic rings. The Balaban J connectivity index is 2.44. The highest BCUT2D eigenvalue weighted by Gasteiger charge is 2.31. The third-order valence-electron chi connectivity index (χ3n) is 4.78. The molecule has 0 aromatic heterocycles. The Morgan fingerprint density at radius 1 is 1.25 bits per heavy atom. The molecule has 112 valence electrons. The first-order valence-electron chi connectivity index (χ1n) is 8.04. The molecular formula is C17H28N2O. The van der Waals surface area contributed by atoms with Gasteiger partial charge in [-0.15, -0.1) is 0 Å². The molecule has 0 radical (unpaired) electrons. The maximum atomic E-state index is 10.9. The Morgan fingerprint density at radius 3 is 2.65 bits per heavy atom. The number of carbonyl (C=O) groups excluding carboxylic acids is 1. The van der Waals surface area contributed by atoms with Crippen molar-refractivity contribution in [3.8, 4) is 0 Å². The molecule has 0 aliphatic heterocycles. The van der Waals surface area contributed by atoms with Crippen LogP contribution in [0, 0.1) is 5.92 Å². The number of hydrogen-bond acceptors (Lipinski definition) is 2. The summed E-state index contributed by atoms with van der Waals surface area (Å²) in [4.78, 5) is 10.9. The molecule has 1 amide bonds. The normalized spacial score (nSPS) is 27.8. The van der Waals surface area contributed by atoms with Gasteiger partial charge in [-0.2, -0.15) is 0 Å². The van der Waals surface area contributed by atoms with Gasteiger partial charge in [0.25, 0.3) is 0 Å². The van der Waals surface area contributed by atoms with Crippen molar-refractivity contribution in [2.45, 2.75) is 65.3 Å². The van der Waals surface area contributed by atoms with Crippen LogP contribution in [-0.2, 0) is 4.79 Å². The third kappa shape index (κ3) is 3.14. The van der Waals surface area contributed by atoms with Gasteiger partial charge in [-0.25, -0.2) is 0 Å². The Labute approximate surface area is 122 Å². The largest absolute Gasteiger partial charge is 0.332 e. The zero-order valence-corrected chi connectivity index (χ0v) is 13.1.